The molecule has 1 atom stereocenters. The molecule has 1 aromatic heterocycles. The average Bonchev–Trinajstić information content (AvgIpc) is 3.22. The van der Waals surface area contributed by atoms with Gasteiger partial charge in [-0.15, -0.1) is 0 Å². The van der Waals surface area contributed by atoms with E-state index in [1.165, 1.54) is 18.2 Å². The number of furan rings is 1. The Bertz CT molecular complexity index is 816. The number of aromatic carboxylic acids is 1. The van der Waals surface area contributed by atoms with Crippen LogP contribution in [0, 0.1) is 13.8 Å². The van der Waals surface area contributed by atoms with Gasteiger partial charge in [-0.05, 0) is 26.7 Å². The zero-order chi connectivity index (χ0) is 19.1. The number of carboxylic acid groups (broad SMARTS) is 1. The van der Waals surface area contributed by atoms with Crippen LogP contribution in [0.2, 0.25) is 0 Å². The number of carbonyl (C=O) groups excluding carboxylic acids is 1. The van der Waals surface area contributed by atoms with Crippen molar-refractivity contribution in [3.05, 3.63) is 17.1 Å². The number of amides is 1. The van der Waals surface area contributed by atoms with Crippen LogP contribution >= 0.6 is 0 Å². The van der Waals surface area contributed by atoms with E-state index in [1.807, 2.05) is 0 Å². The minimum atomic E-state index is -4.03. The van der Waals surface area contributed by atoms with Crippen LogP contribution in [-0.4, -0.2) is 73.5 Å². The molecule has 2 aliphatic heterocycles. The Morgan fingerprint density at radius 2 is 1.77 bits per heavy atom. The molecular weight excluding hydrogens is 364 g/mol. The molecule has 1 N–H and O–H groups in total. The first-order chi connectivity index (χ1) is 12.2. The van der Waals surface area contributed by atoms with E-state index in [2.05, 4.69) is 0 Å². The number of hydrogen-bond acceptors (Lipinski definition) is 6. The van der Waals surface area contributed by atoms with Crippen molar-refractivity contribution in [2.45, 2.75) is 37.7 Å². The number of ether oxygens (including phenoxy) is 1. The molecule has 0 bridgehead atoms. The van der Waals surface area contributed by atoms with Gasteiger partial charge in [0.2, 0.25) is 10.0 Å². The van der Waals surface area contributed by atoms with Gasteiger partial charge in [0.1, 0.15) is 28.1 Å². The number of sulfonamides is 1. The van der Waals surface area contributed by atoms with Gasteiger partial charge in [0, 0.05) is 32.8 Å². The minimum absolute atomic E-state index is 0.0535. The highest BCUT2D eigenvalue weighted by molar-refractivity contribution is 7.89. The van der Waals surface area contributed by atoms with Crippen molar-refractivity contribution in [1.82, 2.24) is 9.21 Å². The molecule has 2 saturated heterocycles. The summed E-state index contributed by atoms with van der Waals surface area (Å²) in [6.07, 6.45) is 1.10. The van der Waals surface area contributed by atoms with Crippen LogP contribution in [-0.2, 0) is 19.6 Å². The van der Waals surface area contributed by atoms with Crippen molar-refractivity contribution in [2.24, 2.45) is 0 Å². The number of nitrogens with zero attached hydrogens (tertiary/aromatic N) is 2. The van der Waals surface area contributed by atoms with E-state index in [1.54, 1.807) is 4.90 Å². The summed E-state index contributed by atoms with van der Waals surface area (Å²) >= 11 is 0. The zero-order valence-electron chi connectivity index (χ0n) is 14.7. The van der Waals surface area contributed by atoms with Gasteiger partial charge in [0.25, 0.3) is 5.91 Å². The maximum absolute atomic E-state index is 13.0. The van der Waals surface area contributed by atoms with E-state index in [-0.39, 0.29) is 54.1 Å². The third-order valence-electron chi connectivity index (χ3n) is 4.77. The summed E-state index contributed by atoms with van der Waals surface area (Å²) in [5, 5.41) is 9.35. The van der Waals surface area contributed by atoms with Crippen molar-refractivity contribution in [3.8, 4) is 0 Å². The summed E-state index contributed by atoms with van der Waals surface area (Å²) in [5.41, 5.74) is -0.333. The highest BCUT2D eigenvalue weighted by Gasteiger charge is 2.38. The smallest absolute Gasteiger partial charge is 0.340 e. The Morgan fingerprint density at radius 3 is 2.31 bits per heavy atom. The Morgan fingerprint density at radius 1 is 1.12 bits per heavy atom. The molecule has 10 heteroatoms. The second-order valence-electron chi connectivity index (χ2n) is 6.45. The molecular formula is C16H22N2O7S. The lowest BCUT2D eigenvalue weighted by molar-refractivity contribution is -0.142. The van der Waals surface area contributed by atoms with Gasteiger partial charge >= 0.3 is 5.97 Å². The fourth-order valence-corrected chi connectivity index (χ4v) is 5.27. The van der Waals surface area contributed by atoms with Gasteiger partial charge < -0.3 is 19.2 Å². The SMILES string of the molecule is Cc1oc(C)c(S(=O)(=O)N2CCN(C(=O)[C@@H]3CCCO3)CC2)c1C(=O)O. The van der Waals surface area contributed by atoms with Crippen LogP contribution in [0.25, 0.3) is 0 Å². The van der Waals surface area contributed by atoms with Crippen molar-refractivity contribution >= 4 is 21.9 Å². The highest BCUT2D eigenvalue weighted by atomic mass is 32.2. The quantitative estimate of drug-likeness (QED) is 0.805. The van der Waals surface area contributed by atoms with Gasteiger partial charge in [0.05, 0.1) is 0 Å². The monoisotopic (exact) mass is 386 g/mol. The maximum Gasteiger partial charge on any atom is 0.340 e. The Labute approximate surface area is 151 Å². The standard InChI is InChI=1S/C16H22N2O7S/c1-10-13(16(20)21)14(11(2)25-10)26(22,23)18-7-5-17(6-8-18)15(19)12-4-3-9-24-12/h12H,3-9H2,1-2H3,(H,20,21)/t12-/m0/s1. The normalized spacial score (nSPS) is 21.9. The molecule has 3 heterocycles. The molecule has 144 valence electrons. The predicted molar refractivity (Wildman–Crippen MR) is 89.5 cm³/mol. The van der Waals surface area contributed by atoms with Crippen LogP contribution in [0.3, 0.4) is 0 Å². The molecule has 0 saturated carbocycles. The lowest BCUT2D eigenvalue weighted by Crippen LogP contribution is -2.52. The van der Waals surface area contributed by atoms with Crippen molar-refractivity contribution in [2.75, 3.05) is 32.8 Å². The molecule has 0 radical (unpaired) electrons. The lowest BCUT2D eigenvalue weighted by Gasteiger charge is -2.35. The van der Waals surface area contributed by atoms with E-state index in [0.717, 1.165) is 6.42 Å². The molecule has 0 unspecified atom stereocenters. The van der Waals surface area contributed by atoms with E-state index < -0.39 is 22.1 Å². The molecule has 1 aromatic rings. The maximum atomic E-state index is 13.0. The molecule has 0 aliphatic carbocycles. The Hall–Kier alpha value is -1.91. The first-order valence-corrected chi connectivity index (χ1v) is 9.91. The Kier molecular flexibility index (Phi) is 5.09. The van der Waals surface area contributed by atoms with Crippen LogP contribution in [0.5, 0.6) is 0 Å². The lowest BCUT2D eigenvalue weighted by atomic mass is 10.2. The van der Waals surface area contributed by atoms with Crippen molar-refractivity contribution < 1.29 is 32.3 Å². The summed E-state index contributed by atoms with van der Waals surface area (Å²) in [6.45, 7) is 4.12. The fraction of sp³-hybridized carbons (Fsp3) is 0.625. The number of hydrogen-bond donors (Lipinski definition) is 1. The molecule has 3 rings (SSSR count). The molecule has 26 heavy (non-hydrogen) atoms. The molecule has 0 aromatic carbocycles. The van der Waals surface area contributed by atoms with Crippen LogP contribution in [0.15, 0.2) is 9.31 Å². The van der Waals surface area contributed by atoms with Crippen LogP contribution in [0.1, 0.15) is 34.7 Å². The third-order valence-corrected chi connectivity index (χ3v) is 6.82. The Balaban J connectivity index is 1.77. The molecule has 9 nitrogen and oxygen atoms in total. The van der Waals surface area contributed by atoms with E-state index in [0.29, 0.717) is 13.0 Å². The fourth-order valence-electron chi connectivity index (χ4n) is 3.48. The molecule has 2 aliphatic rings. The number of piperazine rings is 1. The summed E-state index contributed by atoms with van der Waals surface area (Å²) < 4.78 is 37.7. The largest absolute Gasteiger partial charge is 0.478 e. The summed E-state index contributed by atoms with van der Waals surface area (Å²) in [4.78, 5) is 25.1. The number of carbonyl (C=O) groups is 2. The van der Waals surface area contributed by atoms with E-state index in [4.69, 9.17) is 9.15 Å². The van der Waals surface area contributed by atoms with Gasteiger partial charge in [0.15, 0.2) is 0 Å². The molecule has 0 spiro atoms. The summed E-state index contributed by atoms with van der Waals surface area (Å²) in [5.74, 6) is -1.34. The van der Waals surface area contributed by atoms with E-state index in [9.17, 15) is 23.1 Å². The number of carboxylic acids is 1. The predicted octanol–water partition coefficient (Wildman–Crippen LogP) is 0.607. The summed E-state index contributed by atoms with van der Waals surface area (Å²) in [6, 6.07) is 0. The first-order valence-electron chi connectivity index (χ1n) is 8.47. The second kappa shape index (κ2) is 7.01. The number of aryl methyl sites for hydroxylation is 2. The zero-order valence-corrected chi connectivity index (χ0v) is 15.5. The number of rotatable bonds is 4. The second-order valence-corrected chi connectivity index (χ2v) is 8.33. The van der Waals surface area contributed by atoms with Gasteiger partial charge in [-0.2, -0.15) is 4.31 Å². The minimum Gasteiger partial charge on any atom is -0.478 e. The van der Waals surface area contributed by atoms with Gasteiger partial charge in [-0.3, -0.25) is 4.79 Å². The molecule has 1 amide bonds. The average molecular weight is 386 g/mol. The van der Waals surface area contributed by atoms with Gasteiger partial charge in [-0.1, -0.05) is 0 Å². The summed E-state index contributed by atoms with van der Waals surface area (Å²) in [7, 11) is -4.03. The van der Waals surface area contributed by atoms with Gasteiger partial charge in [-0.25, -0.2) is 13.2 Å². The third kappa shape index (κ3) is 3.24. The first kappa shape index (κ1) is 18.9. The van der Waals surface area contributed by atoms with Crippen molar-refractivity contribution in [3.63, 3.8) is 0 Å². The van der Waals surface area contributed by atoms with E-state index >= 15 is 0 Å². The van der Waals surface area contributed by atoms with Crippen LogP contribution < -0.4 is 0 Å². The topological polar surface area (TPSA) is 117 Å². The highest BCUT2D eigenvalue weighted by Crippen LogP contribution is 2.30. The van der Waals surface area contributed by atoms with Crippen LogP contribution in [0.4, 0.5) is 0 Å². The molecule has 2 fully saturated rings. The van der Waals surface area contributed by atoms with Crippen molar-refractivity contribution in [1.29, 1.82) is 0 Å².